The third-order valence-corrected chi connectivity index (χ3v) is 6.78. The van der Waals surface area contributed by atoms with Crippen molar-refractivity contribution in [1.29, 1.82) is 0 Å². The van der Waals surface area contributed by atoms with E-state index in [-0.39, 0.29) is 5.88 Å². The van der Waals surface area contributed by atoms with Crippen LogP contribution in [-0.2, 0) is 12.8 Å². The molecule has 0 saturated carbocycles. The number of thiocarbonyl (C=S) groups is 1. The molecule has 1 aliphatic rings. The first-order valence-corrected chi connectivity index (χ1v) is 12.3. The maximum absolute atomic E-state index is 13.1. The molecule has 0 unspecified atom stereocenters. The molecule has 2 aromatic carbocycles. The first-order chi connectivity index (χ1) is 17.2. The quantitative estimate of drug-likeness (QED) is 0.327. The van der Waals surface area contributed by atoms with Crippen molar-refractivity contribution in [2.75, 3.05) is 44.2 Å². The third kappa shape index (κ3) is 5.46. The van der Waals surface area contributed by atoms with Crippen LogP contribution in [0.4, 0.5) is 24.5 Å². The molecular weight excluding hydrogens is 489 g/mol. The molecule has 192 valence electrons. The summed E-state index contributed by atoms with van der Waals surface area (Å²) < 4.78 is 41.1. The minimum absolute atomic E-state index is 0.00241. The summed E-state index contributed by atoms with van der Waals surface area (Å²) in [6.07, 6.45) is -4.37. The number of anilines is 1. The predicted octanol–water partition coefficient (Wildman–Crippen LogP) is 5.86. The van der Waals surface area contributed by atoms with Gasteiger partial charge in [0.05, 0.1) is 17.7 Å². The van der Waals surface area contributed by atoms with Crippen molar-refractivity contribution in [1.82, 2.24) is 14.4 Å². The van der Waals surface area contributed by atoms with Gasteiger partial charge in [-0.2, -0.15) is 13.2 Å². The Kier molecular flexibility index (Phi) is 7.79. The number of azo groups is 1. The molecule has 0 spiro atoms. The van der Waals surface area contributed by atoms with Crippen LogP contribution in [0, 0.1) is 0 Å². The summed E-state index contributed by atoms with van der Waals surface area (Å²) in [4.78, 5) is 6.00. The van der Waals surface area contributed by atoms with E-state index in [1.54, 1.807) is 10.6 Å². The standard InChI is InChI=1S/C25H29F3N6OS/c1-3-32(4-2)24(36)30-29-22-20-10-5-6-11-21(20)34(23(22)35)17-31-12-14-33(15-13-31)19-9-7-8-18(16-19)25(26,27)28/h5-11,16,35H,3-4,12-15,17H2,1-2H3. The number of alkyl halides is 3. The van der Waals surface area contributed by atoms with Crippen molar-refractivity contribution < 1.29 is 18.3 Å². The first-order valence-electron chi connectivity index (χ1n) is 11.9. The fourth-order valence-electron chi connectivity index (χ4n) is 4.39. The number of rotatable bonds is 6. The number of para-hydroxylation sites is 1. The molecule has 1 saturated heterocycles. The van der Waals surface area contributed by atoms with Gasteiger partial charge in [0.15, 0.2) is 5.69 Å². The average Bonchev–Trinajstić information content (AvgIpc) is 3.14. The zero-order valence-electron chi connectivity index (χ0n) is 20.2. The molecule has 0 amide bonds. The van der Waals surface area contributed by atoms with E-state index in [1.807, 2.05) is 47.9 Å². The summed E-state index contributed by atoms with van der Waals surface area (Å²) in [6, 6.07) is 13.0. The van der Waals surface area contributed by atoms with Gasteiger partial charge in [-0.25, -0.2) is 0 Å². The van der Waals surface area contributed by atoms with E-state index in [4.69, 9.17) is 12.2 Å². The lowest BCUT2D eigenvalue weighted by Crippen LogP contribution is -2.46. The van der Waals surface area contributed by atoms with E-state index in [0.717, 1.165) is 17.0 Å². The van der Waals surface area contributed by atoms with Gasteiger partial charge in [0, 0.05) is 50.3 Å². The van der Waals surface area contributed by atoms with Gasteiger partial charge in [0.25, 0.3) is 0 Å². The van der Waals surface area contributed by atoms with Gasteiger partial charge in [-0.15, -0.1) is 10.2 Å². The van der Waals surface area contributed by atoms with E-state index < -0.39 is 11.7 Å². The Morgan fingerprint density at radius 2 is 1.72 bits per heavy atom. The maximum Gasteiger partial charge on any atom is 0.416 e. The molecule has 3 aromatic rings. The Labute approximate surface area is 213 Å². The van der Waals surface area contributed by atoms with Crippen molar-refractivity contribution in [2.45, 2.75) is 26.7 Å². The molecule has 0 radical (unpaired) electrons. The molecule has 4 rings (SSSR count). The van der Waals surface area contributed by atoms with Gasteiger partial charge in [-0.3, -0.25) is 9.47 Å². The molecule has 11 heteroatoms. The van der Waals surface area contributed by atoms with Crippen LogP contribution in [0.5, 0.6) is 5.88 Å². The van der Waals surface area contributed by atoms with E-state index in [0.29, 0.717) is 62.4 Å². The van der Waals surface area contributed by atoms with Crippen LogP contribution in [0.1, 0.15) is 19.4 Å². The summed E-state index contributed by atoms with van der Waals surface area (Å²) in [5.41, 5.74) is 1.10. The third-order valence-electron chi connectivity index (χ3n) is 6.44. The van der Waals surface area contributed by atoms with Crippen LogP contribution in [-0.4, -0.2) is 63.9 Å². The van der Waals surface area contributed by atoms with E-state index >= 15 is 0 Å². The van der Waals surface area contributed by atoms with E-state index in [1.165, 1.54) is 12.1 Å². The highest BCUT2D eigenvalue weighted by Gasteiger charge is 2.31. The molecule has 0 bridgehead atoms. The predicted molar refractivity (Wildman–Crippen MR) is 139 cm³/mol. The van der Waals surface area contributed by atoms with Crippen LogP contribution in [0.25, 0.3) is 10.9 Å². The summed E-state index contributed by atoms with van der Waals surface area (Å²) in [5, 5.41) is 20.7. The second kappa shape index (κ2) is 10.8. The topological polar surface area (TPSA) is 59.6 Å². The molecule has 1 aromatic heterocycles. The zero-order valence-corrected chi connectivity index (χ0v) is 21.1. The highest BCUT2D eigenvalue weighted by molar-refractivity contribution is 7.80. The van der Waals surface area contributed by atoms with Crippen LogP contribution >= 0.6 is 12.2 Å². The number of aromatic nitrogens is 1. The number of hydrogen-bond donors (Lipinski definition) is 1. The van der Waals surface area contributed by atoms with E-state index in [2.05, 4.69) is 15.1 Å². The molecule has 1 N–H and O–H groups in total. The number of halogens is 3. The number of fused-ring (bicyclic) bond motifs is 1. The number of nitrogens with zero attached hydrogens (tertiary/aromatic N) is 6. The Morgan fingerprint density at radius 3 is 2.39 bits per heavy atom. The normalized spacial score (nSPS) is 15.2. The highest BCUT2D eigenvalue weighted by Crippen LogP contribution is 2.39. The maximum atomic E-state index is 13.1. The van der Waals surface area contributed by atoms with Crippen LogP contribution in [0.2, 0.25) is 0 Å². The molecule has 1 fully saturated rings. The summed E-state index contributed by atoms with van der Waals surface area (Å²) >= 11 is 5.36. The van der Waals surface area contributed by atoms with Gasteiger partial charge >= 0.3 is 6.18 Å². The van der Waals surface area contributed by atoms with Crippen molar-refractivity contribution in [3.63, 3.8) is 0 Å². The summed E-state index contributed by atoms with van der Waals surface area (Å²) in [6.45, 7) is 8.24. The second-order valence-corrected chi connectivity index (χ2v) is 8.93. The second-order valence-electron chi connectivity index (χ2n) is 8.57. The lowest BCUT2D eigenvalue weighted by molar-refractivity contribution is -0.137. The lowest BCUT2D eigenvalue weighted by atomic mass is 10.1. The minimum atomic E-state index is -4.37. The van der Waals surface area contributed by atoms with E-state index in [9.17, 15) is 18.3 Å². The Morgan fingerprint density at radius 1 is 1.03 bits per heavy atom. The number of hydrogen-bond acceptors (Lipinski definition) is 5. The van der Waals surface area contributed by atoms with Crippen LogP contribution < -0.4 is 4.90 Å². The Hall–Kier alpha value is -3.18. The first kappa shape index (κ1) is 25.9. The highest BCUT2D eigenvalue weighted by atomic mass is 32.1. The fraction of sp³-hybridized carbons (Fsp3) is 0.400. The summed E-state index contributed by atoms with van der Waals surface area (Å²) in [7, 11) is 0. The zero-order chi connectivity index (χ0) is 25.9. The number of aromatic hydroxyl groups is 1. The minimum Gasteiger partial charge on any atom is -0.493 e. The molecule has 2 heterocycles. The van der Waals surface area contributed by atoms with Gasteiger partial charge < -0.3 is 14.9 Å². The fourth-order valence-corrected chi connectivity index (χ4v) is 4.69. The lowest BCUT2D eigenvalue weighted by Gasteiger charge is -2.36. The Bertz CT molecular complexity index is 1250. The smallest absolute Gasteiger partial charge is 0.416 e. The average molecular weight is 519 g/mol. The Balaban J connectivity index is 1.50. The van der Waals surface area contributed by atoms with Gasteiger partial charge in [-0.05, 0) is 50.3 Å². The number of benzene rings is 2. The van der Waals surface area contributed by atoms with Crippen LogP contribution in [0.15, 0.2) is 58.8 Å². The van der Waals surface area contributed by atoms with Crippen molar-refractivity contribution in [3.8, 4) is 5.88 Å². The molecule has 36 heavy (non-hydrogen) atoms. The largest absolute Gasteiger partial charge is 0.493 e. The van der Waals surface area contributed by atoms with Gasteiger partial charge in [0.2, 0.25) is 11.0 Å². The van der Waals surface area contributed by atoms with Crippen LogP contribution in [0.3, 0.4) is 0 Å². The van der Waals surface area contributed by atoms with Crippen molar-refractivity contribution >= 4 is 39.6 Å². The van der Waals surface area contributed by atoms with Crippen molar-refractivity contribution in [3.05, 3.63) is 54.1 Å². The van der Waals surface area contributed by atoms with Crippen molar-refractivity contribution in [2.24, 2.45) is 10.2 Å². The molecule has 0 aliphatic carbocycles. The molecule has 0 atom stereocenters. The number of piperazine rings is 1. The van der Waals surface area contributed by atoms with Gasteiger partial charge in [-0.1, -0.05) is 24.3 Å². The van der Waals surface area contributed by atoms with Gasteiger partial charge in [0.1, 0.15) is 0 Å². The SMILES string of the molecule is CCN(CC)C(=S)N=Nc1c(O)n(CN2CCN(c3cccc(C(F)(F)F)c3)CC2)c2ccccc12. The molecular formula is C25H29F3N6OS. The summed E-state index contributed by atoms with van der Waals surface area (Å²) in [5.74, 6) is 0.00241. The molecule has 7 nitrogen and oxygen atoms in total. The molecule has 1 aliphatic heterocycles. The monoisotopic (exact) mass is 518 g/mol.